The zero-order valence-electron chi connectivity index (χ0n) is 14.7. The van der Waals surface area contributed by atoms with E-state index in [0.29, 0.717) is 38.4 Å². The van der Waals surface area contributed by atoms with E-state index in [4.69, 9.17) is 0 Å². The number of urea groups is 1. The molecule has 0 aliphatic carbocycles. The lowest BCUT2D eigenvalue weighted by atomic mass is 9.94. The summed E-state index contributed by atoms with van der Waals surface area (Å²) in [7, 11) is 0. The topological polar surface area (TPSA) is 90.0 Å². The Morgan fingerprint density at radius 2 is 1.88 bits per heavy atom. The number of carboxylic acids is 1. The average molecular weight is 339 g/mol. The highest BCUT2D eigenvalue weighted by Gasteiger charge is 2.35. The van der Waals surface area contributed by atoms with Gasteiger partial charge in [0.2, 0.25) is 5.91 Å². The molecule has 0 radical (unpaired) electrons. The lowest BCUT2D eigenvalue weighted by molar-refractivity contribution is -0.148. The van der Waals surface area contributed by atoms with E-state index in [2.05, 4.69) is 5.32 Å². The smallest absolute Gasteiger partial charge is 0.326 e. The van der Waals surface area contributed by atoms with E-state index in [9.17, 15) is 19.5 Å². The van der Waals surface area contributed by atoms with Crippen LogP contribution in [0.4, 0.5) is 4.79 Å². The number of nitrogens with zero attached hydrogens (tertiary/aromatic N) is 2. The number of aliphatic carboxylic acids is 1. The van der Waals surface area contributed by atoms with Crippen molar-refractivity contribution in [1.82, 2.24) is 15.1 Å². The van der Waals surface area contributed by atoms with Crippen LogP contribution < -0.4 is 5.32 Å². The summed E-state index contributed by atoms with van der Waals surface area (Å²) in [4.78, 5) is 39.1. The summed E-state index contributed by atoms with van der Waals surface area (Å²) >= 11 is 0. The second-order valence-electron chi connectivity index (χ2n) is 7.32. The van der Waals surface area contributed by atoms with Crippen LogP contribution in [0.2, 0.25) is 0 Å². The first-order valence-corrected chi connectivity index (χ1v) is 8.93. The summed E-state index contributed by atoms with van der Waals surface area (Å²) in [6.07, 6.45) is 3.41. The van der Waals surface area contributed by atoms with E-state index in [-0.39, 0.29) is 17.9 Å². The van der Waals surface area contributed by atoms with Gasteiger partial charge in [0.1, 0.15) is 6.04 Å². The molecule has 2 rings (SSSR count). The molecule has 0 aromatic heterocycles. The molecule has 136 valence electrons. The number of amides is 3. The molecule has 2 heterocycles. The minimum absolute atomic E-state index is 0.0644. The lowest BCUT2D eigenvalue weighted by Crippen LogP contribution is -2.47. The maximum atomic E-state index is 12.5. The molecule has 0 spiro atoms. The molecule has 2 N–H and O–H groups in total. The van der Waals surface area contributed by atoms with Crippen LogP contribution in [-0.2, 0) is 9.59 Å². The number of hydrogen-bond donors (Lipinski definition) is 2. The van der Waals surface area contributed by atoms with E-state index in [1.807, 2.05) is 13.8 Å². The molecule has 7 nitrogen and oxygen atoms in total. The Kier molecular flexibility index (Phi) is 6.45. The van der Waals surface area contributed by atoms with Crippen molar-refractivity contribution < 1.29 is 19.5 Å². The Balaban J connectivity index is 1.85. The van der Waals surface area contributed by atoms with Crippen molar-refractivity contribution in [3.63, 3.8) is 0 Å². The molecule has 2 aliphatic heterocycles. The quantitative estimate of drug-likeness (QED) is 0.795. The van der Waals surface area contributed by atoms with Gasteiger partial charge in [-0.25, -0.2) is 9.59 Å². The van der Waals surface area contributed by atoms with Gasteiger partial charge in [-0.05, 0) is 37.5 Å². The Morgan fingerprint density at radius 3 is 2.54 bits per heavy atom. The normalized spacial score (nSPS) is 24.3. The number of piperidine rings is 1. The van der Waals surface area contributed by atoms with Crippen molar-refractivity contribution in [2.45, 2.75) is 52.0 Å². The van der Waals surface area contributed by atoms with Gasteiger partial charge in [0, 0.05) is 32.6 Å². The van der Waals surface area contributed by atoms with Gasteiger partial charge in [-0.1, -0.05) is 13.8 Å². The Hall–Kier alpha value is -1.79. The van der Waals surface area contributed by atoms with Crippen molar-refractivity contribution in [2.24, 2.45) is 11.8 Å². The molecule has 2 fully saturated rings. The van der Waals surface area contributed by atoms with Crippen LogP contribution in [0.25, 0.3) is 0 Å². The fraction of sp³-hybridized carbons (Fsp3) is 0.824. The first-order chi connectivity index (χ1) is 11.4. The van der Waals surface area contributed by atoms with Crippen molar-refractivity contribution in [1.29, 1.82) is 0 Å². The van der Waals surface area contributed by atoms with Gasteiger partial charge in [0.15, 0.2) is 0 Å². The summed E-state index contributed by atoms with van der Waals surface area (Å²) in [5, 5.41) is 12.1. The molecule has 0 aromatic carbocycles. The summed E-state index contributed by atoms with van der Waals surface area (Å²) in [6, 6.07) is -0.739. The number of carbonyl (C=O) groups excluding carboxylic acids is 2. The molecule has 2 saturated heterocycles. The fourth-order valence-corrected chi connectivity index (χ4v) is 3.51. The third kappa shape index (κ3) is 4.85. The van der Waals surface area contributed by atoms with E-state index in [0.717, 1.165) is 25.8 Å². The minimum Gasteiger partial charge on any atom is -0.480 e. The largest absolute Gasteiger partial charge is 0.480 e. The van der Waals surface area contributed by atoms with Crippen LogP contribution in [0.1, 0.15) is 46.0 Å². The Labute approximate surface area is 143 Å². The second kappa shape index (κ2) is 8.35. The van der Waals surface area contributed by atoms with Crippen LogP contribution in [0, 0.1) is 11.8 Å². The molecule has 7 heteroatoms. The SMILES string of the molecule is CC(C)CNC(=O)N1CCCC(CC(=O)N2CCC[C@H]2C(=O)O)C1. The van der Waals surface area contributed by atoms with Gasteiger partial charge in [-0.2, -0.15) is 0 Å². The number of rotatable bonds is 5. The van der Waals surface area contributed by atoms with Gasteiger partial charge >= 0.3 is 12.0 Å². The zero-order valence-corrected chi connectivity index (χ0v) is 14.7. The molecule has 0 bridgehead atoms. The van der Waals surface area contributed by atoms with E-state index >= 15 is 0 Å². The van der Waals surface area contributed by atoms with Crippen molar-refractivity contribution in [3.05, 3.63) is 0 Å². The van der Waals surface area contributed by atoms with E-state index < -0.39 is 12.0 Å². The van der Waals surface area contributed by atoms with E-state index in [1.54, 1.807) is 4.90 Å². The van der Waals surface area contributed by atoms with Gasteiger partial charge < -0.3 is 20.2 Å². The molecule has 2 atom stereocenters. The van der Waals surface area contributed by atoms with Crippen molar-refractivity contribution in [2.75, 3.05) is 26.2 Å². The van der Waals surface area contributed by atoms with E-state index in [1.165, 1.54) is 4.90 Å². The standard InChI is InChI=1S/C17H29N3O4/c1-12(2)10-18-17(24)19-7-3-5-13(11-19)9-15(21)20-8-4-6-14(20)16(22)23/h12-14H,3-11H2,1-2H3,(H,18,24)(H,22,23)/t13?,14-/m0/s1. The third-order valence-corrected chi connectivity index (χ3v) is 4.79. The molecule has 2 aliphatic rings. The monoisotopic (exact) mass is 339 g/mol. The molecule has 0 saturated carbocycles. The summed E-state index contributed by atoms with van der Waals surface area (Å²) in [5.41, 5.74) is 0. The Bertz CT molecular complexity index is 480. The molecule has 3 amide bonds. The number of likely N-dealkylation sites (tertiary alicyclic amines) is 2. The Morgan fingerprint density at radius 1 is 1.17 bits per heavy atom. The third-order valence-electron chi connectivity index (χ3n) is 4.79. The summed E-state index contributed by atoms with van der Waals surface area (Å²) in [6.45, 7) is 6.56. The highest BCUT2D eigenvalue weighted by Crippen LogP contribution is 2.24. The maximum absolute atomic E-state index is 12.5. The fourth-order valence-electron chi connectivity index (χ4n) is 3.51. The van der Waals surface area contributed by atoms with Gasteiger partial charge in [0.25, 0.3) is 0 Å². The van der Waals surface area contributed by atoms with Gasteiger partial charge in [0.05, 0.1) is 0 Å². The van der Waals surface area contributed by atoms with Crippen LogP contribution in [0.3, 0.4) is 0 Å². The van der Waals surface area contributed by atoms with Crippen LogP contribution >= 0.6 is 0 Å². The first kappa shape index (κ1) is 18.5. The molecule has 24 heavy (non-hydrogen) atoms. The van der Waals surface area contributed by atoms with Gasteiger partial charge in [-0.15, -0.1) is 0 Å². The highest BCUT2D eigenvalue weighted by atomic mass is 16.4. The predicted molar refractivity (Wildman–Crippen MR) is 89.5 cm³/mol. The number of carbonyl (C=O) groups is 3. The first-order valence-electron chi connectivity index (χ1n) is 8.93. The predicted octanol–water partition coefficient (Wildman–Crippen LogP) is 1.53. The van der Waals surface area contributed by atoms with Gasteiger partial charge in [-0.3, -0.25) is 4.79 Å². The average Bonchev–Trinajstić information content (AvgIpc) is 3.02. The van der Waals surface area contributed by atoms with Crippen LogP contribution in [-0.4, -0.2) is 65.0 Å². The molecule has 0 aromatic rings. The molecular formula is C17H29N3O4. The van der Waals surface area contributed by atoms with Crippen molar-refractivity contribution in [3.8, 4) is 0 Å². The second-order valence-corrected chi connectivity index (χ2v) is 7.32. The number of hydrogen-bond acceptors (Lipinski definition) is 3. The van der Waals surface area contributed by atoms with Crippen molar-refractivity contribution >= 4 is 17.9 Å². The number of carboxylic acid groups (broad SMARTS) is 1. The highest BCUT2D eigenvalue weighted by molar-refractivity contribution is 5.84. The van der Waals surface area contributed by atoms with Crippen LogP contribution in [0.5, 0.6) is 0 Å². The summed E-state index contributed by atoms with van der Waals surface area (Å²) in [5.74, 6) is -0.487. The van der Waals surface area contributed by atoms with Crippen LogP contribution in [0.15, 0.2) is 0 Å². The lowest BCUT2D eigenvalue weighted by Gasteiger charge is -2.33. The molecular weight excluding hydrogens is 310 g/mol. The maximum Gasteiger partial charge on any atom is 0.326 e. The summed E-state index contributed by atoms with van der Waals surface area (Å²) < 4.78 is 0. The number of nitrogens with one attached hydrogen (secondary N) is 1. The zero-order chi connectivity index (χ0) is 17.7. The molecule has 1 unspecified atom stereocenters. The minimum atomic E-state index is -0.917.